The maximum atomic E-state index is 12.5. The Bertz CT molecular complexity index is 342. The van der Waals surface area contributed by atoms with Gasteiger partial charge in [0.2, 0.25) is 5.91 Å². The minimum absolute atomic E-state index is 0.0818. The number of likely N-dealkylation sites (tertiary alicyclic amines) is 1. The maximum absolute atomic E-state index is 12.5. The van der Waals surface area contributed by atoms with E-state index in [0.29, 0.717) is 18.3 Å². The average Bonchev–Trinajstić information content (AvgIpc) is 2.70. The highest BCUT2D eigenvalue weighted by molar-refractivity contribution is 5.85. The van der Waals surface area contributed by atoms with E-state index in [1.165, 1.54) is 6.42 Å². The fourth-order valence-electron chi connectivity index (χ4n) is 3.46. The van der Waals surface area contributed by atoms with Crippen LogP contribution in [0.15, 0.2) is 0 Å². The van der Waals surface area contributed by atoms with Gasteiger partial charge in [0.25, 0.3) is 0 Å². The van der Waals surface area contributed by atoms with E-state index in [4.69, 9.17) is 0 Å². The van der Waals surface area contributed by atoms with Crippen molar-refractivity contribution in [3.05, 3.63) is 0 Å². The molecule has 2 rings (SSSR count). The van der Waals surface area contributed by atoms with Gasteiger partial charge in [0.05, 0.1) is 11.8 Å². The predicted molar refractivity (Wildman–Crippen MR) is 68.0 cm³/mol. The SMILES string of the molecule is CC1C[C@H](C(=O)N2CCCC(C)C2)[C@H](C(=O)O)C1. The van der Waals surface area contributed by atoms with Gasteiger partial charge in [0.15, 0.2) is 0 Å². The monoisotopic (exact) mass is 253 g/mol. The third-order valence-corrected chi connectivity index (χ3v) is 4.40. The molecule has 1 N–H and O–H groups in total. The molecule has 4 atom stereocenters. The molecular weight excluding hydrogens is 230 g/mol. The zero-order valence-electron chi connectivity index (χ0n) is 11.3. The van der Waals surface area contributed by atoms with Gasteiger partial charge in [-0.2, -0.15) is 0 Å². The van der Waals surface area contributed by atoms with Gasteiger partial charge in [-0.1, -0.05) is 13.8 Å². The van der Waals surface area contributed by atoms with Gasteiger partial charge >= 0.3 is 5.97 Å². The molecule has 2 aliphatic rings. The number of carboxylic acids is 1. The lowest BCUT2D eigenvalue weighted by Crippen LogP contribution is -2.44. The molecule has 1 aliphatic carbocycles. The fraction of sp³-hybridized carbons (Fsp3) is 0.857. The normalized spacial score (nSPS) is 36.7. The first-order chi connectivity index (χ1) is 8.49. The fourth-order valence-corrected chi connectivity index (χ4v) is 3.46. The zero-order valence-corrected chi connectivity index (χ0v) is 11.3. The van der Waals surface area contributed by atoms with Gasteiger partial charge in [-0.05, 0) is 37.5 Å². The largest absolute Gasteiger partial charge is 0.481 e. The Labute approximate surface area is 108 Å². The summed E-state index contributed by atoms with van der Waals surface area (Å²) >= 11 is 0. The van der Waals surface area contributed by atoms with Crippen molar-refractivity contribution in [2.45, 2.75) is 39.5 Å². The van der Waals surface area contributed by atoms with E-state index >= 15 is 0 Å². The Morgan fingerprint density at radius 1 is 1.11 bits per heavy atom. The quantitative estimate of drug-likeness (QED) is 0.818. The van der Waals surface area contributed by atoms with Crippen molar-refractivity contribution in [1.29, 1.82) is 0 Å². The van der Waals surface area contributed by atoms with Gasteiger partial charge < -0.3 is 10.0 Å². The molecule has 0 radical (unpaired) electrons. The molecular formula is C14H23NO3. The maximum Gasteiger partial charge on any atom is 0.307 e. The number of piperidine rings is 1. The van der Waals surface area contributed by atoms with Gasteiger partial charge in [-0.25, -0.2) is 0 Å². The number of carbonyl (C=O) groups excluding carboxylic acids is 1. The summed E-state index contributed by atoms with van der Waals surface area (Å²) in [6.07, 6.45) is 3.61. The van der Waals surface area contributed by atoms with Crippen LogP contribution >= 0.6 is 0 Å². The van der Waals surface area contributed by atoms with Gasteiger partial charge in [0.1, 0.15) is 0 Å². The smallest absolute Gasteiger partial charge is 0.307 e. The molecule has 4 heteroatoms. The second-order valence-corrected chi connectivity index (χ2v) is 6.16. The summed E-state index contributed by atoms with van der Waals surface area (Å²) in [5.74, 6) is -0.583. The van der Waals surface area contributed by atoms with E-state index in [1.54, 1.807) is 0 Å². The number of rotatable bonds is 2. The molecule has 0 aromatic rings. The summed E-state index contributed by atoms with van der Waals surface area (Å²) in [6, 6.07) is 0. The molecule has 1 saturated carbocycles. The van der Waals surface area contributed by atoms with E-state index in [-0.39, 0.29) is 11.8 Å². The number of carboxylic acid groups (broad SMARTS) is 1. The third kappa shape index (κ3) is 2.68. The summed E-state index contributed by atoms with van der Waals surface area (Å²) < 4.78 is 0. The van der Waals surface area contributed by atoms with Crippen LogP contribution < -0.4 is 0 Å². The number of hydrogen-bond acceptors (Lipinski definition) is 2. The van der Waals surface area contributed by atoms with Crippen LogP contribution in [0, 0.1) is 23.7 Å². The van der Waals surface area contributed by atoms with Crippen molar-refractivity contribution >= 4 is 11.9 Å². The summed E-state index contributed by atoms with van der Waals surface area (Å²) in [5, 5.41) is 9.23. The van der Waals surface area contributed by atoms with Gasteiger partial charge in [-0.3, -0.25) is 9.59 Å². The van der Waals surface area contributed by atoms with Crippen molar-refractivity contribution in [3.8, 4) is 0 Å². The van der Waals surface area contributed by atoms with E-state index < -0.39 is 11.9 Å². The standard InChI is InChI=1S/C14H23NO3/c1-9-4-3-5-15(8-9)13(16)11-6-10(2)7-12(11)14(17)18/h9-12H,3-8H2,1-2H3,(H,17,18)/t9?,10?,11-,12+/m0/s1. The second-order valence-electron chi connectivity index (χ2n) is 6.16. The lowest BCUT2D eigenvalue weighted by atomic mass is 9.92. The van der Waals surface area contributed by atoms with Crippen LogP contribution in [0.2, 0.25) is 0 Å². The summed E-state index contributed by atoms with van der Waals surface area (Å²) in [6.45, 7) is 5.81. The van der Waals surface area contributed by atoms with E-state index in [2.05, 4.69) is 6.92 Å². The molecule has 1 aliphatic heterocycles. The van der Waals surface area contributed by atoms with Gasteiger partial charge in [-0.15, -0.1) is 0 Å². The van der Waals surface area contributed by atoms with E-state index in [9.17, 15) is 14.7 Å². The Kier molecular flexibility index (Phi) is 3.93. The first-order valence-corrected chi connectivity index (χ1v) is 7.00. The Balaban J connectivity index is 2.05. The van der Waals surface area contributed by atoms with Crippen LogP contribution in [-0.4, -0.2) is 35.0 Å². The highest BCUT2D eigenvalue weighted by atomic mass is 16.4. The molecule has 102 valence electrons. The lowest BCUT2D eigenvalue weighted by molar-refractivity contribution is -0.149. The highest BCUT2D eigenvalue weighted by Crippen LogP contribution is 2.38. The van der Waals surface area contributed by atoms with Gasteiger partial charge in [0, 0.05) is 13.1 Å². The molecule has 1 amide bonds. The van der Waals surface area contributed by atoms with Crippen LogP contribution in [0.3, 0.4) is 0 Å². The molecule has 4 nitrogen and oxygen atoms in total. The number of aliphatic carboxylic acids is 1. The van der Waals surface area contributed by atoms with Crippen molar-refractivity contribution < 1.29 is 14.7 Å². The predicted octanol–water partition coefficient (Wildman–Crippen LogP) is 1.99. The molecule has 1 heterocycles. The number of nitrogens with zero attached hydrogens (tertiary/aromatic N) is 1. The molecule has 2 unspecified atom stereocenters. The van der Waals surface area contributed by atoms with E-state index in [1.807, 2.05) is 11.8 Å². The van der Waals surface area contributed by atoms with Crippen molar-refractivity contribution in [3.63, 3.8) is 0 Å². The molecule has 1 saturated heterocycles. The van der Waals surface area contributed by atoms with Crippen LogP contribution in [0.25, 0.3) is 0 Å². The molecule has 0 bridgehead atoms. The van der Waals surface area contributed by atoms with Crippen LogP contribution in [0.4, 0.5) is 0 Å². The Morgan fingerprint density at radius 3 is 2.39 bits per heavy atom. The Hall–Kier alpha value is -1.06. The lowest BCUT2D eigenvalue weighted by Gasteiger charge is -2.33. The van der Waals surface area contributed by atoms with Crippen molar-refractivity contribution in [1.82, 2.24) is 4.90 Å². The molecule has 2 fully saturated rings. The summed E-state index contributed by atoms with van der Waals surface area (Å²) in [5.41, 5.74) is 0. The number of hydrogen-bond donors (Lipinski definition) is 1. The number of carbonyl (C=O) groups is 2. The second kappa shape index (κ2) is 5.29. The molecule has 0 spiro atoms. The third-order valence-electron chi connectivity index (χ3n) is 4.40. The van der Waals surface area contributed by atoms with Crippen molar-refractivity contribution in [2.24, 2.45) is 23.7 Å². The van der Waals surface area contributed by atoms with Crippen molar-refractivity contribution in [2.75, 3.05) is 13.1 Å². The van der Waals surface area contributed by atoms with E-state index in [0.717, 1.165) is 25.9 Å². The average molecular weight is 253 g/mol. The zero-order chi connectivity index (χ0) is 13.3. The summed E-state index contributed by atoms with van der Waals surface area (Å²) in [4.78, 5) is 25.6. The Morgan fingerprint density at radius 2 is 1.78 bits per heavy atom. The molecule has 0 aromatic carbocycles. The topological polar surface area (TPSA) is 57.6 Å². The first-order valence-electron chi connectivity index (χ1n) is 7.00. The molecule has 0 aromatic heterocycles. The van der Waals surface area contributed by atoms with Crippen LogP contribution in [-0.2, 0) is 9.59 Å². The van der Waals surface area contributed by atoms with Crippen LogP contribution in [0.1, 0.15) is 39.5 Å². The van der Waals surface area contributed by atoms with Crippen LogP contribution in [0.5, 0.6) is 0 Å². The first kappa shape index (κ1) is 13.4. The highest BCUT2D eigenvalue weighted by Gasteiger charge is 2.43. The number of amides is 1. The minimum atomic E-state index is -0.803. The minimum Gasteiger partial charge on any atom is -0.481 e. The molecule has 18 heavy (non-hydrogen) atoms. The summed E-state index contributed by atoms with van der Waals surface area (Å²) in [7, 11) is 0.